The highest BCUT2D eigenvalue weighted by Crippen LogP contribution is 1.91. The number of carbonyl (C=O) groups is 1. The summed E-state index contributed by atoms with van der Waals surface area (Å²) in [6, 6.07) is 0. The number of unbranched alkanes of at least 4 members (excludes halogenated alkanes) is 1. The predicted molar refractivity (Wildman–Crippen MR) is 45.5 cm³/mol. The number of terminal acetylenes is 1. The normalized spacial score (nSPS) is 9.00. The monoisotopic (exact) mass is 170 g/mol. The van der Waals surface area contributed by atoms with Gasteiger partial charge in [0.15, 0.2) is 0 Å². The molecule has 0 aromatic rings. The maximum absolute atomic E-state index is 10.3. The fourth-order valence-corrected chi connectivity index (χ4v) is 0.653. The largest absolute Gasteiger partial charge is 0.466 e. The van der Waals surface area contributed by atoms with Crippen molar-refractivity contribution in [2.24, 2.45) is 0 Å². The lowest BCUT2D eigenvalue weighted by Crippen LogP contribution is -2.02. The van der Waals surface area contributed by atoms with E-state index >= 15 is 0 Å². The number of ether oxygens (including phenoxy) is 2. The number of carbonyl (C=O) groups excluding carboxylic acids is 1. The van der Waals surface area contributed by atoms with Crippen LogP contribution in [0.3, 0.4) is 0 Å². The molecular formula is C9H14O3. The SMILES string of the molecule is C#CCOCCCCOC(C)=O. The summed E-state index contributed by atoms with van der Waals surface area (Å²) in [6.45, 7) is 2.85. The molecule has 0 unspecified atom stereocenters. The number of esters is 1. The van der Waals surface area contributed by atoms with Gasteiger partial charge in [-0.25, -0.2) is 0 Å². The number of hydrogen-bond donors (Lipinski definition) is 0. The van der Waals surface area contributed by atoms with Crippen LogP contribution in [0.4, 0.5) is 0 Å². The van der Waals surface area contributed by atoms with Crippen LogP contribution < -0.4 is 0 Å². The standard InChI is InChI=1S/C9H14O3/c1-3-6-11-7-4-5-8-12-9(2)10/h1H,4-8H2,2H3. The molecule has 0 radical (unpaired) electrons. The van der Waals surface area contributed by atoms with Gasteiger partial charge in [-0.2, -0.15) is 0 Å². The van der Waals surface area contributed by atoms with Crippen molar-refractivity contribution in [2.45, 2.75) is 19.8 Å². The third-order valence-corrected chi connectivity index (χ3v) is 1.17. The molecule has 0 aromatic carbocycles. The summed E-state index contributed by atoms with van der Waals surface area (Å²) in [4.78, 5) is 10.3. The third kappa shape index (κ3) is 8.99. The van der Waals surface area contributed by atoms with E-state index in [9.17, 15) is 4.79 Å². The minimum absolute atomic E-state index is 0.237. The Bertz CT molecular complexity index is 158. The van der Waals surface area contributed by atoms with Gasteiger partial charge in [-0.3, -0.25) is 4.79 Å². The zero-order chi connectivity index (χ0) is 9.23. The molecule has 0 saturated carbocycles. The van der Waals surface area contributed by atoms with Crippen LogP contribution in [-0.4, -0.2) is 25.8 Å². The quantitative estimate of drug-likeness (QED) is 0.338. The van der Waals surface area contributed by atoms with Gasteiger partial charge in [-0.05, 0) is 12.8 Å². The smallest absolute Gasteiger partial charge is 0.302 e. The van der Waals surface area contributed by atoms with Crippen molar-refractivity contribution in [1.29, 1.82) is 0 Å². The van der Waals surface area contributed by atoms with Gasteiger partial charge >= 0.3 is 5.97 Å². The van der Waals surface area contributed by atoms with Crippen LogP contribution in [-0.2, 0) is 14.3 Å². The lowest BCUT2D eigenvalue weighted by molar-refractivity contribution is -0.141. The third-order valence-electron chi connectivity index (χ3n) is 1.17. The van der Waals surface area contributed by atoms with Crippen molar-refractivity contribution in [1.82, 2.24) is 0 Å². The first-order valence-corrected chi connectivity index (χ1v) is 3.92. The fraction of sp³-hybridized carbons (Fsp3) is 0.667. The van der Waals surface area contributed by atoms with E-state index in [4.69, 9.17) is 15.9 Å². The molecule has 12 heavy (non-hydrogen) atoms. The van der Waals surface area contributed by atoms with E-state index in [0.717, 1.165) is 12.8 Å². The summed E-state index contributed by atoms with van der Waals surface area (Å²) in [7, 11) is 0. The highest BCUT2D eigenvalue weighted by molar-refractivity contribution is 5.65. The summed E-state index contributed by atoms with van der Waals surface area (Å²) in [5, 5.41) is 0. The molecule has 0 aliphatic rings. The van der Waals surface area contributed by atoms with Crippen molar-refractivity contribution in [3.63, 3.8) is 0 Å². The molecule has 0 heterocycles. The summed E-state index contributed by atoms with van der Waals surface area (Å²) >= 11 is 0. The van der Waals surface area contributed by atoms with Gasteiger partial charge in [0.05, 0.1) is 6.61 Å². The second-order valence-electron chi connectivity index (χ2n) is 2.30. The van der Waals surface area contributed by atoms with Crippen molar-refractivity contribution < 1.29 is 14.3 Å². The van der Waals surface area contributed by atoms with Crippen LogP contribution >= 0.6 is 0 Å². The van der Waals surface area contributed by atoms with E-state index in [1.165, 1.54) is 6.92 Å². The van der Waals surface area contributed by atoms with E-state index < -0.39 is 0 Å². The zero-order valence-corrected chi connectivity index (χ0v) is 7.34. The van der Waals surface area contributed by atoms with Crippen molar-refractivity contribution >= 4 is 5.97 Å². The van der Waals surface area contributed by atoms with E-state index in [-0.39, 0.29) is 5.97 Å². The predicted octanol–water partition coefficient (Wildman–Crippen LogP) is 0.980. The lowest BCUT2D eigenvalue weighted by atomic mass is 10.3. The van der Waals surface area contributed by atoms with E-state index in [1.54, 1.807) is 0 Å². The highest BCUT2D eigenvalue weighted by Gasteiger charge is 1.92. The fourth-order valence-electron chi connectivity index (χ4n) is 0.653. The van der Waals surface area contributed by atoms with Crippen molar-refractivity contribution in [2.75, 3.05) is 19.8 Å². The van der Waals surface area contributed by atoms with E-state index in [0.29, 0.717) is 19.8 Å². The number of rotatable bonds is 6. The minimum atomic E-state index is -0.237. The summed E-state index contributed by atoms with van der Waals surface area (Å²) < 4.78 is 9.73. The maximum atomic E-state index is 10.3. The Hall–Kier alpha value is -1.01. The van der Waals surface area contributed by atoms with Crippen LogP contribution in [0, 0.1) is 12.3 Å². The lowest BCUT2D eigenvalue weighted by Gasteiger charge is -2.01. The van der Waals surface area contributed by atoms with Gasteiger partial charge < -0.3 is 9.47 Å². The summed E-state index contributed by atoms with van der Waals surface area (Å²) in [5.41, 5.74) is 0. The van der Waals surface area contributed by atoms with Crippen LogP contribution in [0.1, 0.15) is 19.8 Å². The van der Waals surface area contributed by atoms with Crippen LogP contribution in [0.5, 0.6) is 0 Å². The average Bonchev–Trinajstić information content (AvgIpc) is 2.02. The molecule has 0 spiro atoms. The molecule has 0 aliphatic carbocycles. The Morgan fingerprint density at radius 1 is 1.42 bits per heavy atom. The molecule has 0 bridgehead atoms. The average molecular weight is 170 g/mol. The molecule has 3 nitrogen and oxygen atoms in total. The summed E-state index contributed by atoms with van der Waals surface area (Å²) in [6.07, 6.45) is 6.66. The second-order valence-corrected chi connectivity index (χ2v) is 2.30. The Morgan fingerprint density at radius 2 is 2.08 bits per heavy atom. The first kappa shape index (κ1) is 11.0. The summed E-state index contributed by atoms with van der Waals surface area (Å²) in [5.74, 6) is 2.13. The van der Waals surface area contributed by atoms with Gasteiger partial charge in [-0.1, -0.05) is 5.92 Å². The molecule has 3 heteroatoms. The first-order valence-electron chi connectivity index (χ1n) is 3.92. The molecule has 0 amide bonds. The zero-order valence-electron chi connectivity index (χ0n) is 7.34. The molecule has 0 N–H and O–H groups in total. The highest BCUT2D eigenvalue weighted by atomic mass is 16.5. The van der Waals surface area contributed by atoms with Crippen LogP contribution in [0.2, 0.25) is 0 Å². The van der Waals surface area contributed by atoms with Gasteiger partial charge in [0.1, 0.15) is 6.61 Å². The first-order chi connectivity index (χ1) is 5.77. The molecule has 0 rings (SSSR count). The molecule has 0 fully saturated rings. The van der Waals surface area contributed by atoms with Gasteiger partial charge in [0, 0.05) is 13.5 Å². The Balaban J connectivity index is 2.92. The minimum Gasteiger partial charge on any atom is -0.466 e. The Kier molecular flexibility index (Phi) is 7.41. The molecule has 0 aliphatic heterocycles. The molecule has 0 atom stereocenters. The van der Waals surface area contributed by atoms with Gasteiger partial charge in [-0.15, -0.1) is 6.42 Å². The Labute approximate surface area is 73.0 Å². The molecule has 68 valence electrons. The van der Waals surface area contributed by atoms with Crippen molar-refractivity contribution in [3.8, 4) is 12.3 Å². The van der Waals surface area contributed by atoms with Crippen LogP contribution in [0.15, 0.2) is 0 Å². The van der Waals surface area contributed by atoms with E-state index in [1.807, 2.05) is 0 Å². The van der Waals surface area contributed by atoms with Crippen LogP contribution in [0.25, 0.3) is 0 Å². The second kappa shape index (κ2) is 8.09. The molecule has 0 saturated heterocycles. The van der Waals surface area contributed by atoms with Gasteiger partial charge in [0.25, 0.3) is 0 Å². The number of hydrogen-bond acceptors (Lipinski definition) is 3. The topological polar surface area (TPSA) is 35.5 Å². The van der Waals surface area contributed by atoms with E-state index in [2.05, 4.69) is 5.92 Å². The van der Waals surface area contributed by atoms with Gasteiger partial charge in [0.2, 0.25) is 0 Å². The molecular weight excluding hydrogens is 156 g/mol. The Morgan fingerprint density at radius 3 is 2.67 bits per heavy atom. The maximum Gasteiger partial charge on any atom is 0.302 e. The van der Waals surface area contributed by atoms with Crippen molar-refractivity contribution in [3.05, 3.63) is 0 Å². The molecule has 0 aromatic heterocycles.